The lowest BCUT2D eigenvalue weighted by molar-refractivity contribution is 0.172. The summed E-state index contributed by atoms with van der Waals surface area (Å²) >= 11 is 0. The lowest BCUT2D eigenvalue weighted by atomic mass is 9.97. The van der Waals surface area contributed by atoms with Crippen molar-refractivity contribution >= 4 is 0 Å². The molecular weight excluding hydrogens is 184 g/mol. The van der Waals surface area contributed by atoms with Crippen molar-refractivity contribution in [2.75, 3.05) is 19.6 Å². The highest BCUT2D eigenvalue weighted by atomic mass is 15.1. The van der Waals surface area contributed by atoms with Gasteiger partial charge in [-0.2, -0.15) is 0 Å². The van der Waals surface area contributed by atoms with Crippen LogP contribution in [0.25, 0.3) is 0 Å². The van der Waals surface area contributed by atoms with Gasteiger partial charge in [0.25, 0.3) is 0 Å². The third kappa shape index (κ3) is 4.98. The highest BCUT2D eigenvalue weighted by molar-refractivity contribution is 4.76. The monoisotopic (exact) mass is 212 g/mol. The van der Waals surface area contributed by atoms with Gasteiger partial charge in [-0.15, -0.1) is 0 Å². The van der Waals surface area contributed by atoms with E-state index in [1.54, 1.807) is 0 Å². The summed E-state index contributed by atoms with van der Waals surface area (Å²) < 4.78 is 0. The highest BCUT2D eigenvalue weighted by Gasteiger charge is 2.18. The molecule has 0 bridgehead atoms. The van der Waals surface area contributed by atoms with Crippen LogP contribution in [0.5, 0.6) is 0 Å². The second-order valence-corrected chi connectivity index (χ2v) is 5.08. The molecule has 0 aliphatic carbocycles. The van der Waals surface area contributed by atoms with Gasteiger partial charge in [0, 0.05) is 19.1 Å². The molecule has 1 rings (SSSR count). The summed E-state index contributed by atoms with van der Waals surface area (Å²) in [5, 5.41) is 0. The van der Waals surface area contributed by atoms with Crippen LogP contribution in [0.15, 0.2) is 0 Å². The van der Waals surface area contributed by atoms with E-state index < -0.39 is 0 Å². The molecule has 1 heterocycles. The molecule has 2 N–H and O–H groups in total. The summed E-state index contributed by atoms with van der Waals surface area (Å²) in [5.41, 5.74) is 6.00. The Morgan fingerprint density at radius 3 is 2.80 bits per heavy atom. The minimum absolute atomic E-state index is 0.433. The fourth-order valence-corrected chi connectivity index (χ4v) is 2.54. The first-order valence-corrected chi connectivity index (χ1v) is 6.74. The van der Waals surface area contributed by atoms with E-state index in [9.17, 15) is 0 Å². The molecule has 0 saturated carbocycles. The number of unbranched alkanes of at least 4 members (excludes halogenated alkanes) is 1. The summed E-state index contributed by atoms with van der Waals surface area (Å²) in [6.07, 6.45) is 7.96. The maximum absolute atomic E-state index is 6.00. The van der Waals surface area contributed by atoms with E-state index in [0.717, 1.165) is 12.5 Å². The van der Waals surface area contributed by atoms with Crippen LogP contribution >= 0.6 is 0 Å². The average molecular weight is 212 g/mol. The van der Waals surface area contributed by atoms with Gasteiger partial charge in [0.2, 0.25) is 0 Å². The SMILES string of the molecule is CCCCC(CC)CN1CCCC(N)C1. The summed E-state index contributed by atoms with van der Waals surface area (Å²) in [7, 11) is 0. The maximum atomic E-state index is 6.00. The first-order chi connectivity index (χ1) is 7.26. The van der Waals surface area contributed by atoms with Crippen molar-refractivity contribution in [3.05, 3.63) is 0 Å². The maximum Gasteiger partial charge on any atom is 0.0168 e. The van der Waals surface area contributed by atoms with Crippen molar-refractivity contribution in [2.45, 2.75) is 58.4 Å². The van der Waals surface area contributed by atoms with E-state index in [0.29, 0.717) is 6.04 Å². The summed E-state index contributed by atoms with van der Waals surface area (Å²) in [5.74, 6) is 0.898. The van der Waals surface area contributed by atoms with Crippen molar-refractivity contribution < 1.29 is 0 Å². The third-order valence-electron chi connectivity index (χ3n) is 3.60. The van der Waals surface area contributed by atoms with E-state index in [2.05, 4.69) is 18.7 Å². The zero-order valence-corrected chi connectivity index (χ0v) is 10.5. The first-order valence-electron chi connectivity index (χ1n) is 6.74. The molecule has 15 heavy (non-hydrogen) atoms. The zero-order valence-electron chi connectivity index (χ0n) is 10.5. The molecule has 2 nitrogen and oxygen atoms in total. The zero-order chi connectivity index (χ0) is 11.1. The van der Waals surface area contributed by atoms with Crippen LogP contribution in [0, 0.1) is 5.92 Å². The molecule has 0 aromatic rings. The quantitative estimate of drug-likeness (QED) is 0.733. The lowest BCUT2D eigenvalue weighted by Crippen LogP contribution is -2.44. The molecule has 0 amide bonds. The molecule has 2 atom stereocenters. The van der Waals surface area contributed by atoms with Gasteiger partial charge in [0.05, 0.1) is 0 Å². The van der Waals surface area contributed by atoms with Crippen molar-refractivity contribution in [3.63, 3.8) is 0 Å². The number of hydrogen-bond acceptors (Lipinski definition) is 2. The van der Waals surface area contributed by atoms with Crippen LogP contribution in [0.3, 0.4) is 0 Å². The molecule has 0 aromatic carbocycles. The molecule has 1 aliphatic rings. The smallest absolute Gasteiger partial charge is 0.0168 e. The van der Waals surface area contributed by atoms with E-state index in [-0.39, 0.29) is 0 Å². The van der Waals surface area contributed by atoms with Gasteiger partial charge in [-0.1, -0.05) is 33.1 Å². The molecule has 0 aromatic heterocycles. The summed E-state index contributed by atoms with van der Waals surface area (Å²) in [6.45, 7) is 8.29. The standard InChI is InChI=1S/C13H28N2/c1-3-5-7-12(4-2)10-15-9-6-8-13(14)11-15/h12-13H,3-11,14H2,1-2H3. The minimum Gasteiger partial charge on any atom is -0.327 e. The van der Waals surface area contributed by atoms with Crippen LogP contribution < -0.4 is 5.73 Å². The molecule has 2 unspecified atom stereocenters. The number of nitrogens with zero attached hydrogens (tertiary/aromatic N) is 1. The molecule has 90 valence electrons. The molecule has 0 radical (unpaired) electrons. The van der Waals surface area contributed by atoms with Crippen LogP contribution in [-0.2, 0) is 0 Å². The number of rotatable bonds is 6. The van der Waals surface area contributed by atoms with Gasteiger partial charge < -0.3 is 10.6 Å². The predicted molar refractivity (Wildman–Crippen MR) is 67.0 cm³/mol. The van der Waals surface area contributed by atoms with Crippen molar-refractivity contribution in [3.8, 4) is 0 Å². The van der Waals surface area contributed by atoms with E-state index in [4.69, 9.17) is 5.73 Å². The van der Waals surface area contributed by atoms with Crippen LogP contribution in [0.4, 0.5) is 0 Å². The van der Waals surface area contributed by atoms with Gasteiger partial charge in [0.1, 0.15) is 0 Å². The van der Waals surface area contributed by atoms with Crippen LogP contribution in [0.2, 0.25) is 0 Å². The Bertz CT molecular complexity index is 159. The Balaban J connectivity index is 2.24. The van der Waals surface area contributed by atoms with Crippen molar-refractivity contribution in [2.24, 2.45) is 11.7 Å². The summed E-state index contributed by atoms with van der Waals surface area (Å²) in [4.78, 5) is 2.58. The molecule has 0 spiro atoms. The van der Waals surface area contributed by atoms with Crippen molar-refractivity contribution in [1.82, 2.24) is 4.90 Å². The van der Waals surface area contributed by atoms with Gasteiger partial charge >= 0.3 is 0 Å². The van der Waals surface area contributed by atoms with Gasteiger partial charge in [-0.25, -0.2) is 0 Å². The van der Waals surface area contributed by atoms with E-state index in [1.807, 2.05) is 0 Å². The number of likely N-dealkylation sites (tertiary alicyclic amines) is 1. The Hall–Kier alpha value is -0.0800. The van der Waals surface area contributed by atoms with Crippen molar-refractivity contribution in [1.29, 1.82) is 0 Å². The fraction of sp³-hybridized carbons (Fsp3) is 1.00. The molecule has 1 fully saturated rings. The van der Waals surface area contributed by atoms with Gasteiger partial charge in [-0.05, 0) is 31.7 Å². The lowest BCUT2D eigenvalue weighted by Gasteiger charge is -2.33. The third-order valence-corrected chi connectivity index (χ3v) is 3.60. The Morgan fingerprint density at radius 1 is 1.40 bits per heavy atom. The topological polar surface area (TPSA) is 29.3 Å². The summed E-state index contributed by atoms with van der Waals surface area (Å²) in [6, 6.07) is 0.433. The number of piperidine rings is 1. The molecular formula is C13H28N2. The Kier molecular flexibility index (Phi) is 6.26. The normalized spacial score (nSPS) is 25.4. The van der Waals surface area contributed by atoms with Gasteiger partial charge in [0.15, 0.2) is 0 Å². The second kappa shape index (κ2) is 7.24. The molecule has 1 saturated heterocycles. The largest absolute Gasteiger partial charge is 0.327 e. The second-order valence-electron chi connectivity index (χ2n) is 5.08. The van der Waals surface area contributed by atoms with E-state index >= 15 is 0 Å². The Morgan fingerprint density at radius 2 is 2.20 bits per heavy atom. The molecule has 1 aliphatic heterocycles. The highest BCUT2D eigenvalue weighted by Crippen LogP contribution is 2.17. The predicted octanol–water partition coefficient (Wildman–Crippen LogP) is 2.63. The fourth-order valence-electron chi connectivity index (χ4n) is 2.54. The van der Waals surface area contributed by atoms with E-state index in [1.165, 1.54) is 51.6 Å². The minimum atomic E-state index is 0.433. The average Bonchev–Trinajstić information content (AvgIpc) is 2.24. The first kappa shape index (κ1) is 13.0. The van der Waals surface area contributed by atoms with Gasteiger partial charge in [-0.3, -0.25) is 0 Å². The number of hydrogen-bond donors (Lipinski definition) is 1. The Labute approximate surface area is 95.2 Å². The number of nitrogens with two attached hydrogens (primary N) is 1. The van der Waals surface area contributed by atoms with Crippen LogP contribution in [0.1, 0.15) is 52.4 Å². The van der Waals surface area contributed by atoms with Crippen LogP contribution in [-0.4, -0.2) is 30.6 Å². The molecule has 2 heteroatoms.